The van der Waals surface area contributed by atoms with E-state index in [-0.39, 0.29) is 12.5 Å². The number of piperidine rings is 1. The van der Waals surface area contributed by atoms with Crippen molar-refractivity contribution in [3.8, 4) is 11.4 Å². The molecule has 0 saturated carbocycles. The van der Waals surface area contributed by atoms with E-state index in [2.05, 4.69) is 5.10 Å². The minimum Gasteiger partial charge on any atom is -0.494 e. The first-order valence-corrected chi connectivity index (χ1v) is 9.85. The Morgan fingerprint density at radius 2 is 2.03 bits per heavy atom. The van der Waals surface area contributed by atoms with Gasteiger partial charge in [0.1, 0.15) is 17.5 Å². The summed E-state index contributed by atoms with van der Waals surface area (Å²) in [5.41, 5.74) is -0.372. The number of benzene rings is 1. The van der Waals surface area contributed by atoms with Crippen LogP contribution in [0.4, 0.5) is 0 Å². The zero-order valence-corrected chi connectivity index (χ0v) is 16.7. The van der Waals surface area contributed by atoms with E-state index in [0.29, 0.717) is 43.7 Å². The van der Waals surface area contributed by atoms with Gasteiger partial charge in [-0.05, 0) is 31.9 Å². The topological polar surface area (TPSA) is 97.1 Å². The second kappa shape index (κ2) is 7.44. The van der Waals surface area contributed by atoms with Gasteiger partial charge in [-0.3, -0.25) is 4.79 Å². The number of aliphatic hydroxyl groups is 2. The lowest BCUT2D eigenvalue weighted by Crippen LogP contribution is -2.59. The van der Waals surface area contributed by atoms with E-state index in [9.17, 15) is 15.0 Å². The number of hydrogen-bond acceptors (Lipinski definition) is 6. The molecule has 2 atom stereocenters. The van der Waals surface area contributed by atoms with Crippen molar-refractivity contribution in [3.05, 3.63) is 42.2 Å². The number of aromatic nitrogens is 2. The molecule has 1 spiro atoms. The fourth-order valence-corrected chi connectivity index (χ4v) is 4.26. The molecular formula is C21H27N3O5. The number of methoxy groups -OCH3 is 1. The number of amides is 1. The molecule has 1 aromatic heterocycles. The molecule has 0 aliphatic carbocycles. The van der Waals surface area contributed by atoms with Crippen molar-refractivity contribution in [3.63, 3.8) is 0 Å². The smallest absolute Gasteiger partial charge is 0.257 e. The van der Waals surface area contributed by atoms with Crippen LogP contribution >= 0.6 is 0 Å². The van der Waals surface area contributed by atoms with Gasteiger partial charge in [-0.15, -0.1) is 0 Å². The van der Waals surface area contributed by atoms with Gasteiger partial charge in [-0.25, -0.2) is 4.68 Å². The van der Waals surface area contributed by atoms with Crippen molar-refractivity contribution in [1.29, 1.82) is 0 Å². The highest BCUT2D eigenvalue weighted by molar-refractivity contribution is 5.94. The van der Waals surface area contributed by atoms with Crippen LogP contribution in [-0.2, 0) is 4.74 Å². The summed E-state index contributed by atoms with van der Waals surface area (Å²) < 4.78 is 12.9. The molecule has 156 valence electrons. The molecular weight excluding hydrogens is 374 g/mol. The number of para-hydroxylation sites is 2. The summed E-state index contributed by atoms with van der Waals surface area (Å²) >= 11 is 0. The zero-order valence-electron chi connectivity index (χ0n) is 16.7. The molecule has 2 aromatic rings. The fourth-order valence-electron chi connectivity index (χ4n) is 4.26. The molecule has 2 saturated heterocycles. The maximum Gasteiger partial charge on any atom is 0.257 e. The van der Waals surface area contributed by atoms with Crippen LogP contribution in [0.3, 0.4) is 0 Å². The van der Waals surface area contributed by atoms with E-state index in [1.54, 1.807) is 36.0 Å². The Kier molecular flexibility index (Phi) is 5.10. The minimum atomic E-state index is -1.17. The highest BCUT2D eigenvalue weighted by Crippen LogP contribution is 2.39. The van der Waals surface area contributed by atoms with Gasteiger partial charge in [-0.2, -0.15) is 5.10 Å². The number of carbonyl (C=O) groups is 1. The van der Waals surface area contributed by atoms with Crippen LogP contribution in [0.1, 0.15) is 36.5 Å². The monoisotopic (exact) mass is 401 g/mol. The van der Waals surface area contributed by atoms with Crippen molar-refractivity contribution in [1.82, 2.24) is 14.7 Å². The van der Waals surface area contributed by atoms with Crippen LogP contribution < -0.4 is 4.74 Å². The normalized spacial score (nSPS) is 26.5. The van der Waals surface area contributed by atoms with E-state index in [4.69, 9.17) is 9.47 Å². The zero-order chi connectivity index (χ0) is 20.6. The van der Waals surface area contributed by atoms with Crippen LogP contribution in [0.5, 0.6) is 5.75 Å². The number of ether oxygens (including phenoxy) is 2. The third-order valence-corrected chi connectivity index (χ3v) is 6.07. The Morgan fingerprint density at radius 3 is 2.72 bits per heavy atom. The largest absolute Gasteiger partial charge is 0.494 e. The van der Waals surface area contributed by atoms with Crippen LogP contribution in [0.25, 0.3) is 5.69 Å². The van der Waals surface area contributed by atoms with Gasteiger partial charge in [0.15, 0.2) is 0 Å². The Morgan fingerprint density at radius 1 is 1.31 bits per heavy atom. The molecule has 3 heterocycles. The molecule has 1 aromatic carbocycles. The first kappa shape index (κ1) is 19.9. The number of carbonyl (C=O) groups excluding carboxylic acids is 1. The fraction of sp³-hybridized carbons (Fsp3) is 0.524. The molecule has 29 heavy (non-hydrogen) atoms. The summed E-state index contributed by atoms with van der Waals surface area (Å²) in [6, 6.07) is 7.50. The number of nitrogens with zero attached hydrogens (tertiary/aromatic N) is 3. The molecule has 2 fully saturated rings. The molecule has 4 rings (SSSR count). The van der Waals surface area contributed by atoms with Gasteiger partial charge in [-0.1, -0.05) is 12.1 Å². The molecule has 0 bridgehead atoms. The Bertz CT molecular complexity index is 886. The van der Waals surface area contributed by atoms with Crippen LogP contribution in [-0.4, -0.2) is 74.9 Å². The summed E-state index contributed by atoms with van der Waals surface area (Å²) in [7, 11) is 1.60. The van der Waals surface area contributed by atoms with Crippen LogP contribution in [0.2, 0.25) is 0 Å². The molecule has 8 nitrogen and oxygen atoms in total. The highest BCUT2D eigenvalue weighted by atomic mass is 16.5. The second-order valence-electron chi connectivity index (χ2n) is 8.18. The lowest BCUT2D eigenvalue weighted by molar-refractivity contribution is -0.221. The summed E-state index contributed by atoms with van der Waals surface area (Å²) in [4.78, 5) is 14.8. The number of hydrogen-bond donors (Lipinski definition) is 2. The number of aliphatic hydroxyl groups excluding tert-OH is 1. The van der Waals surface area contributed by atoms with E-state index >= 15 is 0 Å². The predicted octanol–water partition coefficient (Wildman–Crippen LogP) is 1.39. The summed E-state index contributed by atoms with van der Waals surface area (Å²) in [5.74, 6) is 0.599. The SMILES string of the molecule is COc1ccccc1-n1cc(C(=O)N2CCC3(CC2)C[C@](C)(O)[C@@H](O)CO3)cn1. The van der Waals surface area contributed by atoms with Crippen LogP contribution in [0.15, 0.2) is 36.7 Å². The Labute approximate surface area is 169 Å². The van der Waals surface area contributed by atoms with Crippen molar-refractivity contribution < 1.29 is 24.5 Å². The van der Waals surface area contributed by atoms with Crippen molar-refractivity contribution in [2.45, 2.75) is 43.5 Å². The maximum absolute atomic E-state index is 13.0. The van der Waals surface area contributed by atoms with Crippen molar-refractivity contribution >= 4 is 5.91 Å². The standard InChI is InChI=1S/C21H27N3O5/c1-20(27)14-21(29-13-18(20)25)7-9-23(10-8-21)19(26)15-11-22-24(12-15)16-5-3-4-6-17(16)28-2/h3-6,11-12,18,25,27H,7-10,13-14H2,1-2H3/t18-,20-/m0/s1. The Hall–Kier alpha value is -2.42. The van der Waals surface area contributed by atoms with Gasteiger partial charge >= 0.3 is 0 Å². The predicted molar refractivity (Wildman–Crippen MR) is 105 cm³/mol. The molecule has 2 N–H and O–H groups in total. The Balaban J connectivity index is 1.44. The third-order valence-electron chi connectivity index (χ3n) is 6.07. The van der Waals surface area contributed by atoms with Gasteiger partial charge in [0.25, 0.3) is 5.91 Å². The van der Waals surface area contributed by atoms with Gasteiger partial charge in [0.05, 0.1) is 36.7 Å². The maximum atomic E-state index is 13.0. The second-order valence-corrected chi connectivity index (χ2v) is 8.18. The quantitative estimate of drug-likeness (QED) is 0.807. The van der Waals surface area contributed by atoms with Gasteiger partial charge in [0, 0.05) is 25.7 Å². The van der Waals surface area contributed by atoms with E-state index in [0.717, 1.165) is 5.69 Å². The minimum absolute atomic E-state index is 0.0800. The first-order valence-electron chi connectivity index (χ1n) is 9.85. The third kappa shape index (κ3) is 3.75. The summed E-state index contributed by atoms with van der Waals surface area (Å²) in [5, 5.41) is 24.7. The van der Waals surface area contributed by atoms with Crippen molar-refractivity contribution in [2.24, 2.45) is 0 Å². The van der Waals surface area contributed by atoms with Gasteiger partial charge in [0.2, 0.25) is 0 Å². The molecule has 8 heteroatoms. The molecule has 1 amide bonds. The first-order chi connectivity index (χ1) is 13.8. The highest BCUT2D eigenvalue weighted by Gasteiger charge is 2.49. The van der Waals surface area contributed by atoms with Crippen molar-refractivity contribution in [2.75, 3.05) is 26.8 Å². The summed E-state index contributed by atoms with van der Waals surface area (Å²) in [6.07, 6.45) is 4.02. The van der Waals surface area contributed by atoms with E-state index in [1.807, 2.05) is 24.3 Å². The molecule has 0 unspecified atom stereocenters. The number of likely N-dealkylation sites (tertiary alicyclic amines) is 1. The average Bonchev–Trinajstić information content (AvgIpc) is 3.21. The van der Waals surface area contributed by atoms with Crippen LogP contribution in [0, 0.1) is 0 Å². The van der Waals surface area contributed by atoms with Gasteiger partial charge < -0.3 is 24.6 Å². The molecule has 2 aliphatic heterocycles. The van der Waals surface area contributed by atoms with E-state index in [1.165, 1.54) is 0 Å². The lowest BCUT2D eigenvalue weighted by atomic mass is 9.76. The summed E-state index contributed by atoms with van der Waals surface area (Å²) in [6.45, 7) is 2.83. The van der Waals surface area contributed by atoms with E-state index < -0.39 is 17.3 Å². The number of rotatable bonds is 3. The lowest BCUT2D eigenvalue weighted by Gasteiger charge is -2.49. The average molecular weight is 401 g/mol. The molecule has 0 radical (unpaired) electrons. The molecule has 2 aliphatic rings.